The molecule has 1 aromatic carbocycles. The van der Waals surface area contributed by atoms with Crippen molar-refractivity contribution in [2.24, 2.45) is 0 Å². The van der Waals surface area contributed by atoms with Gasteiger partial charge in [-0.1, -0.05) is 30.3 Å². The van der Waals surface area contributed by atoms with Crippen molar-refractivity contribution >= 4 is 23.2 Å². The van der Waals surface area contributed by atoms with E-state index in [9.17, 15) is 9.59 Å². The molecular weight excluding hydrogens is 328 g/mol. The molecule has 1 atom stereocenters. The van der Waals surface area contributed by atoms with E-state index in [1.807, 2.05) is 30.3 Å². The molecule has 2 rings (SSSR count). The van der Waals surface area contributed by atoms with Gasteiger partial charge in [0.05, 0.1) is 17.8 Å². The van der Waals surface area contributed by atoms with E-state index in [0.717, 1.165) is 5.56 Å². The van der Waals surface area contributed by atoms with Crippen LogP contribution in [0, 0.1) is 0 Å². The van der Waals surface area contributed by atoms with Crippen LogP contribution in [0.3, 0.4) is 0 Å². The fourth-order valence-electron chi connectivity index (χ4n) is 2.37. The Morgan fingerprint density at radius 1 is 1.33 bits per heavy atom. The van der Waals surface area contributed by atoms with E-state index in [2.05, 4.69) is 10.3 Å². The first kappa shape index (κ1) is 18.1. The van der Waals surface area contributed by atoms with Crippen LogP contribution >= 0.6 is 11.3 Å². The molecule has 1 amide bonds. The number of amides is 1. The molecule has 7 heteroatoms. The van der Waals surface area contributed by atoms with Gasteiger partial charge in [-0.3, -0.25) is 9.59 Å². The number of aromatic nitrogens is 1. The zero-order valence-electron chi connectivity index (χ0n) is 13.4. The highest BCUT2D eigenvalue weighted by Gasteiger charge is 2.19. The summed E-state index contributed by atoms with van der Waals surface area (Å²) in [5.74, 6) is -1.11. The Bertz CT molecular complexity index is 672. The maximum absolute atomic E-state index is 12.5. The Labute approximate surface area is 144 Å². The van der Waals surface area contributed by atoms with E-state index < -0.39 is 5.97 Å². The first-order chi connectivity index (χ1) is 11.6. The maximum Gasteiger partial charge on any atom is 0.303 e. The molecule has 0 fully saturated rings. The molecule has 24 heavy (non-hydrogen) atoms. The smallest absolute Gasteiger partial charge is 0.303 e. The quantitative estimate of drug-likeness (QED) is 0.727. The summed E-state index contributed by atoms with van der Waals surface area (Å²) >= 11 is 1.25. The van der Waals surface area contributed by atoms with Crippen LogP contribution in [-0.2, 0) is 22.6 Å². The minimum atomic E-state index is -0.875. The average Bonchev–Trinajstić information content (AvgIpc) is 3.02. The second kappa shape index (κ2) is 9.14. The van der Waals surface area contributed by atoms with E-state index in [1.165, 1.54) is 11.3 Å². The lowest BCUT2D eigenvalue weighted by atomic mass is 10.0. The van der Waals surface area contributed by atoms with Gasteiger partial charge in [0.2, 0.25) is 0 Å². The Morgan fingerprint density at radius 2 is 2.08 bits per heavy atom. The standard InChI is InChI=1S/C17H20N2O4S/c1-23-10-14-16(24-11-18-14)17(22)19-13(7-8-15(20)21)9-12-5-3-2-4-6-12/h2-6,11,13H,7-10H2,1H3,(H,19,22)(H,20,21). The van der Waals surface area contributed by atoms with Crippen molar-refractivity contribution in [2.45, 2.75) is 31.9 Å². The minimum Gasteiger partial charge on any atom is -0.481 e. The molecule has 2 aromatic rings. The second-order valence-electron chi connectivity index (χ2n) is 5.35. The highest BCUT2D eigenvalue weighted by molar-refractivity contribution is 7.11. The number of hydrogen-bond acceptors (Lipinski definition) is 5. The molecule has 128 valence electrons. The Hall–Kier alpha value is -2.25. The summed E-state index contributed by atoms with van der Waals surface area (Å²) in [5.41, 5.74) is 3.25. The van der Waals surface area contributed by atoms with E-state index in [0.29, 0.717) is 23.4 Å². The highest BCUT2D eigenvalue weighted by atomic mass is 32.1. The van der Waals surface area contributed by atoms with Crippen LogP contribution < -0.4 is 5.32 Å². The molecule has 1 aromatic heterocycles. The molecule has 0 aliphatic carbocycles. The number of methoxy groups -OCH3 is 1. The monoisotopic (exact) mass is 348 g/mol. The van der Waals surface area contributed by atoms with Crippen LogP contribution in [-0.4, -0.2) is 35.1 Å². The largest absolute Gasteiger partial charge is 0.481 e. The molecule has 0 saturated carbocycles. The third kappa shape index (κ3) is 5.43. The van der Waals surface area contributed by atoms with Crippen LogP contribution in [0.1, 0.15) is 33.8 Å². The summed E-state index contributed by atoms with van der Waals surface area (Å²) in [5, 5.41) is 11.9. The molecule has 1 heterocycles. The first-order valence-electron chi connectivity index (χ1n) is 7.58. The third-order valence-corrected chi connectivity index (χ3v) is 4.36. The fourth-order valence-corrected chi connectivity index (χ4v) is 3.06. The lowest BCUT2D eigenvalue weighted by molar-refractivity contribution is -0.137. The van der Waals surface area contributed by atoms with Gasteiger partial charge in [0.1, 0.15) is 4.88 Å². The van der Waals surface area contributed by atoms with Gasteiger partial charge < -0.3 is 15.2 Å². The summed E-state index contributed by atoms with van der Waals surface area (Å²) < 4.78 is 5.04. The van der Waals surface area contributed by atoms with E-state index in [4.69, 9.17) is 9.84 Å². The van der Waals surface area contributed by atoms with Gasteiger partial charge in [-0.25, -0.2) is 4.98 Å². The van der Waals surface area contributed by atoms with Crippen LogP contribution in [0.15, 0.2) is 35.8 Å². The van der Waals surface area contributed by atoms with Crippen molar-refractivity contribution in [1.29, 1.82) is 0 Å². The van der Waals surface area contributed by atoms with Gasteiger partial charge >= 0.3 is 5.97 Å². The zero-order chi connectivity index (χ0) is 17.4. The van der Waals surface area contributed by atoms with Crippen molar-refractivity contribution in [3.05, 3.63) is 52.0 Å². The van der Waals surface area contributed by atoms with Gasteiger partial charge in [0.25, 0.3) is 5.91 Å². The molecule has 6 nitrogen and oxygen atoms in total. The Balaban J connectivity index is 2.07. The number of carboxylic acid groups (broad SMARTS) is 1. The number of carbonyl (C=O) groups excluding carboxylic acids is 1. The maximum atomic E-state index is 12.5. The predicted molar refractivity (Wildman–Crippen MR) is 91.1 cm³/mol. The van der Waals surface area contributed by atoms with Gasteiger partial charge in [-0.15, -0.1) is 11.3 Å². The zero-order valence-corrected chi connectivity index (χ0v) is 14.2. The number of ether oxygens (including phenoxy) is 1. The van der Waals surface area contributed by atoms with Crippen LogP contribution in [0.2, 0.25) is 0 Å². The van der Waals surface area contributed by atoms with Crippen LogP contribution in [0.5, 0.6) is 0 Å². The van der Waals surface area contributed by atoms with Gasteiger partial charge in [-0.05, 0) is 18.4 Å². The number of carbonyl (C=O) groups is 2. The number of benzene rings is 1. The molecule has 0 aliphatic rings. The normalized spacial score (nSPS) is 11.9. The van der Waals surface area contributed by atoms with Crippen LogP contribution in [0.4, 0.5) is 0 Å². The Morgan fingerprint density at radius 3 is 2.75 bits per heavy atom. The number of hydrogen-bond donors (Lipinski definition) is 2. The van der Waals surface area contributed by atoms with Crippen LogP contribution in [0.25, 0.3) is 0 Å². The second-order valence-corrected chi connectivity index (χ2v) is 6.21. The highest BCUT2D eigenvalue weighted by Crippen LogP contribution is 2.16. The fraction of sp³-hybridized carbons (Fsp3) is 0.353. The SMILES string of the molecule is COCc1ncsc1C(=O)NC(CCC(=O)O)Cc1ccccc1. The first-order valence-corrected chi connectivity index (χ1v) is 8.46. The summed E-state index contributed by atoms with van der Waals surface area (Å²) in [6.45, 7) is 0.269. The van der Waals surface area contributed by atoms with Gasteiger partial charge in [0, 0.05) is 19.6 Å². The number of rotatable bonds is 9. The van der Waals surface area contributed by atoms with E-state index >= 15 is 0 Å². The van der Waals surface area contributed by atoms with Crippen molar-refractivity contribution in [1.82, 2.24) is 10.3 Å². The van der Waals surface area contributed by atoms with Crippen molar-refractivity contribution < 1.29 is 19.4 Å². The number of aliphatic carboxylic acids is 1. The summed E-state index contributed by atoms with van der Waals surface area (Å²) in [4.78, 5) is 28.0. The third-order valence-electron chi connectivity index (χ3n) is 3.50. The van der Waals surface area contributed by atoms with Crippen molar-refractivity contribution in [2.75, 3.05) is 7.11 Å². The predicted octanol–water partition coefficient (Wildman–Crippen LogP) is 2.50. The summed E-state index contributed by atoms with van der Waals surface area (Å²) in [6.07, 6.45) is 0.956. The minimum absolute atomic E-state index is 0.00536. The molecule has 0 bridgehead atoms. The number of carboxylic acids is 1. The van der Waals surface area contributed by atoms with E-state index in [1.54, 1.807) is 12.6 Å². The molecule has 0 saturated heterocycles. The molecule has 2 N–H and O–H groups in total. The molecule has 0 aliphatic heterocycles. The number of thiazole rings is 1. The summed E-state index contributed by atoms with van der Waals surface area (Å²) in [7, 11) is 1.55. The topological polar surface area (TPSA) is 88.5 Å². The molecule has 1 unspecified atom stereocenters. The average molecular weight is 348 g/mol. The van der Waals surface area contributed by atoms with Gasteiger partial charge in [-0.2, -0.15) is 0 Å². The lowest BCUT2D eigenvalue weighted by Crippen LogP contribution is -2.37. The summed E-state index contributed by atoms with van der Waals surface area (Å²) in [6, 6.07) is 9.43. The molecular formula is C17H20N2O4S. The molecule has 0 radical (unpaired) electrons. The Kier molecular flexibility index (Phi) is 6.89. The van der Waals surface area contributed by atoms with Gasteiger partial charge in [0.15, 0.2) is 0 Å². The van der Waals surface area contributed by atoms with E-state index in [-0.39, 0.29) is 25.0 Å². The molecule has 0 spiro atoms. The lowest BCUT2D eigenvalue weighted by Gasteiger charge is -2.18. The van der Waals surface area contributed by atoms with Crippen molar-refractivity contribution in [3.63, 3.8) is 0 Å². The number of nitrogens with zero attached hydrogens (tertiary/aromatic N) is 1. The van der Waals surface area contributed by atoms with Crippen molar-refractivity contribution in [3.8, 4) is 0 Å². The number of nitrogens with one attached hydrogen (secondary N) is 1.